The van der Waals surface area contributed by atoms with E-state index in [-0.39, 0.29) is 23.7 Å². The maximum Gasteiger partial charge on any atom is 0.245 e. The first-order valence-corrected chi connectivity index (χ1v) is 8.69. The average Bonchev–Trinajstić information content (AvgIpc) is 2.59. The minimum Gasteiger partial charge on any atom is -0.388 e. The van der Waals surface area contributed by atoms with Crippen LogP contribution in [-0.4, -0.2) is 41.0 Å². The van der Waals surface area contributed by atoms with Crippen LogP contribution in [0.3, 0.4) is 0 Å². The molecule has 5 heteroatoms. The standard InChI is InChI=1S/C19H28N2O3/c1-13(2)17(20-14(3)22)19(24)21-11-9-16(10-12-21)18(23)15-7-5-4-6-8-15/h4-8,13,16-18,23H,9-12H2,1-3H3,(H,20,22)/t17-,18+/m0/s1. The van der Waals surface area contributed by atoms with Crippen LogP contribution < -0.4 is 5.32 Å². The van der Waals surface area contributed by atoms with Gasteiger partial charge in [0.2, 0.25) is 11.8 Å². The topological polar surface area (TPSA) is 69.6 Å². The van der Waals surface area contributed by atoms with Crippen LogP contribution in [0.5, 0.6) is 0 Å². The van der Waals surface area contributed by atoms with Crippen molar-refractivity contribution in [3.63, 3.8) is 0 Å². The molecule has 5 nitrogen and oxygen atoms in total. The molecule has 1 saturated heterocycles. The molecular formula is C19H28N2O3. The van der Waals surface area contributed by atoms with Gasteiger partial charge in [0.15, 0.2) is 0 Å². The van der Waals surface area contributed by atoms with Crippen LogP contribution in [0.15, 0.2) is 30.3 Å². The van der Waals surface area contributed by atoms with Gasteiger partial charge in [-0.05, 0) is 30.2 Å². The van der Waals surface area contributed by atoms with Crippen molar-refractivity contribution < 1.29 is 14.7 Å². The molecule has 1 fully saturated rings. The lowest BCUT2D eigenvalue weighted by atomic mass is 9.87. The Bertz CT molecular complexity index is 551. The Balaban J connectivity index is 1.94. The van der Waals surface area contributed by atoms with Gasteiger partial charge >= 0.3 is 0 Å². The van der Waals surface area contributed by atoms with E-state index < -0.39 is 12.1 Å². The van der Waals surface area contributed by atoms with Crippen molar-refractivity contribution in [2.75, 3.05) is 13.1 Å². The highest BCUT2D eigenvalue weighted by Crippen LogP contribution is 2.30. The molecule has 0 radical (unpaired) electrons. The summed E-state index contributed by atoms with van der Waals surface area (Å²) in [5.74, 6) is 0.00744. The number of aliphatic hydroxyl groups is 1. The third-order valence-corrected chi connectivity index (χ3v) is 4.73. The molecule has 0 unspecified atom stereocenters. The number of hydrogen-bond donors (Lipinski definition) is 2. The van der Waals surface area contributed by atoms with Crippen molar-refractivity contribution in [2.24, 2.45) is 11.8 Å². The zero-order valence-electron chi connectivity index (χ0n) is 14.7. The van der Waals surface area contributed by atoms with Gasteiger partial charge in [-0.25, -0.2) is 0 Å². The quantitative estimate of drug-likeness (QED) is 0.868. The molecule has 2 N–H and O–H groups in total. The van der Waals surface area contributed by atoms with Gasteiger partial charge in [-0.2, -0.15) is 0 Å². The van der Waals surface area contributed by atoms with Gasteiger partial charge in [0.25, 0.3) is 0 Å². The van der Waals surface area contributed by atoms with E-state index >= 15 is 0 Å². The van der Waals surface area contributed by atoms with Gasteiger partial charge in [-0.15, -0.1) is 0 Å². The molecule has 24 heavy (non-hydrogen) atoms. The second kappa shape index (κ2) is 8.29. The summed E-state index contributed by atoms with van der Waals surface area (Å²) < 4.78 is 0. The zero-order chi connectivity index (χ0) is 17.7. The largest absolute Gasteiger partial charge is 0.388 e. The summed E-state index contributed by atoms with van der Waals surface area (Å²) >= 11 is 0. The number of hydrogen-bond acceptors (Lipinski definition) is 3. The van der Waals surface area contributed by atoms with Crippen LogP contribution in [0.2, 0.25) is 0 Å². The fourth-order valence-electron chi connectivity index (χ4n) is 3.29. The number of likely N-dealkylation sites (tertiary alicyclic amines) is 1. The van der Waals surface area contributed by atoms with Crippen LogP contribution in [-0.2, 0) is 9.59 Å². The number of aliphatic hydroxyl groups excluding tert-OH is 1. The highest BCUT2D eigenvalue weighted by atomic mass is 16.3. The number of piperidine rings is 1. The van der Waals surface area contributed by atoms with E-state index in [0.717, 1.165) is 18.4 Å². The number of nitrogens with zero attached hydrogens (tertiary/aromatic N) is 1. The Morgan fingerprint density at radius 3 is 2.25 bits per heavy atom. The second-order valence-corrected chi connectivity index (χ2v) is 6.94. The molecule has 0 bridgehead atoms. The molecule has 1 aliphatic heterocycles. The van der Waals surface area contributed by atoms with Crippen molar-refractivity contribution >= 4 is 11.8 Å². The third-order valence-electron chi connectivity index (χ3n) is 4.73. The molecule has 1 aromatic carbocycles. The molecule has 1 aromatic rings. The van der Waals surface area contributed by atoms with Crippen LogP contribution in [0.25, 0.3) is 0 Å². The molecule has 0 spiro atoms. The zero-order valence-corrected chi connectivity index (χ0v) is 14.7. The van der Waals surface area contributed by atoms with Crippen molar-refractivity contribution in [2.45, 2.75) is 45.8 Å². The molecule has 0 aliphatic carbocycles. The minimum absolute atomic E-state index is 0.0205. The number of benzene rings is 1. The van der Waals surface area contributed by atoms with Crippen LogP contribution in [0.4, 0.5) is 0 Å². The van der Waals surface area contributed by atoms with E-state index in [1.165, 1.54) is 6.92 Å². The molecule has 1 aliphatic rings. The van der Waals surface area contributed by atoms with Crippen molar-refractivity contribution in [3.05, 3.63) is 35.9 Å². The number of carbonyl (C=O) groups is 2. The average molecular weight is 332 g/mol. The number of rotatable bonds is 5. The molecule has 0 saturated carbocycles. The molecule has 132 valence electrons. The van der Waals surface area contributed by atoms with Gasteiger partial charge < -0.3 is 15.3 Å². The molecule has 2 amide bonds. The van der Waals surface area contributed by atoms with Crippen LogP contribution in [0, 0.1) is 11.8 Å². The Hall–Kier alpha value is -1.88. The fourth-order valence-corrected chi connectivity index (χ4v) is 3.29. The Kier molecular flexibility index (Phi) is 6.37. The van der Waals surface area contributed by atoms with Crippen LogP contribution in [0.1, 0.15) is 45.3 Å². The summed E-state index contributed by atoms with van der Waals surface area (Å²) in [4.78, 5) is 25.8. The SMILES string of the molecule is CC(=O)N[C@H](C(=O)N1CCC([C@H](O)c2ccccc2)CC1)C(C)C. The summed E-state index contributed by atoms with van der Waals surface area (Å²) in [6.07, 6.45) is 1.05. The number of carbonyl (C=O) groups excluding carboxylic acids is 2. The van der Waals surface area contributed by atoms with E-state index in [2.05, 4.69) is 5.32 Å². The first-order chi connectivity index (χ1) is 11.4. The van der Waals surface area contributed by atoms with Crippen LogP contribution >= 0.6 is 0 Å². The summed E-state index contributed by atoms with van der Waals surface area (Å²) in [5.41, 5.74) is 0.931. The normalized spacial score (nSPS) is 18.3. The summed E-state index contributed by atoms with van der Waals surface area (Å²) in [6, 6.07) is 9.20. The highest BCUT2D eigenvalue weighted by Gasteiger charge is 2.32. The lowest BCUT2D eigenvalue weighted by Gasteiger charge is -2.37. The summed E-state index contributed by atoms with van der Waals surface area (Å²) in [7, 11) is 0. The molecule has 1 heterocycles. The van der Waals surface area contributed by atoms with Gasteiger partial charge in [0, 0.05) is 20.0 Å². The molecule has 2 rings (SSSR count). The Labute approximate surface area is 144 Å². The second-order valence-electron chi connectivity index (χ2n) is 6.94. The maximum absolute atomic E-state index is 12.7. The fraction of sp³-hybridized carbons (Fsp3) is 0.579. The number of nitrogens with one attached hydrogen (secondary N) is 1. The lowest BCUT2D eigenvalue weighted by molar-refractivity contribution is -0.139. The summed E-state index contributed by atoms with van der Waals surface area (Å²) in [6.45, 7) is 6.55. The maximum atomic E-state index is 12.7. The third kappa shape index (κ3) is 4.57. The van der Waals surface area contributed by atoms with Gasteiger partial charge in [-0.1, -0.05) is 44.2 Å². The van der Waals surface area contributed by atoms with E-state index in [9.17, 15) is 14.7 Å². The Morgan fingerprint density at radius 2 is 1.75 bits per heavy atom. The Morgan fingerprint density at radius 1 is 1.17 bits per heavy atom. The van der Waals surface area contributed by atoms with E-state index in [1.807, 2.05) is 49.1 Å². The first-order valence-electron chi connectivity index (χ1n) is 8.69. The molecular weight excluding hydrogens is 304 g/mol. The van der Waals surface area contributed by atoms with Gasteiger partial charge in [0.1, 0.15) is 6.04 Å². The lowest BCUT2D eigenvalue weighted by Crippen LogP contribution is -2.52. The van der Waals surface area contributed by atoms with E-state index in [1.54, 1.807) is 0 Å². The van der Waals surface area contributed by atoms with Crippen molar-refractivity contribution in [1.82, 2.24) is 10.2 Å². The molecule has 0 aromatic heterocycles. The van der Waals surface area contributed by atoms with Crippen molar-refractivity contribution in [3.8, 4) is 0 Å². The van der Waals surface area contributed by atoms with E-state index in [4.69, 9.17) is 0 Å². The molecule has 2 atom stereocenters. The predicted molar refractivity (Wildman–Crippen MR) is 93.1 cm³/mol. The monoisotopic (exact) mass is 332 g/mol. The van der Waals surface area contributed by atoms with Crippen molar-refractivity contribution in [1.29, 1.82) is 0 Å². The minimum atomic E-state index is -0.486. The van der Waals surface area contributed by atoms with Gasteiger partial charge in [-0.3, -0.25) is 9.59 Å². The van der Waals surface area contributed by atoms with Gasteiger partial charge in [0.05, 0.1) is 6.10 Å². The van der Waals surface area contributed by atoms with E-state index in [0.29, 0.717) is 13.1 Å². The first kappa shape index (κ1) is 18.5. The predicted octanol–water partition coefficient (Wildman–Crippen LogP) is 2.12. The smallest absolute Gasteiger partial charge is 0.245 e. The summed E-state index contributed by atoms with van der Waals surface area (Å²) in [5, 5.41) is 13.3. The number of amides is 2. The highest BCUT2D eigenvalue weighted by molar-refractivity contribution is 5.87.